The zero-order valence-corrected chi connectivity index (χ0v) is 16.4. The molecule has 0 saturated carbocycles. The molecule has 0 unspecified atom stereocenters. The zero-order chi connectivity index (χ0) is 17.4. The molecule has 8 heteroatoms. The summed E-state index contributed by atoms with van der Waals surface area (Å²) in [6, 6.07) is 5.70. The molecule has 0 radical (unpaired) electrons. The first-order valence-corrected chi connectivity index (χ1v) is 9.54. The Hall–Kier alpha value is -0.960. The first kappa shape index (κ1) is 20.1. The van der Waals surface area contributed by atoms with Gasteiger partial charge in [0.15, 0.2) is 0 Å². The molecular weight excluding hydrogens is 368 g/mol. The average molecular weight is 387 g/mol. The van der Waals surface area contributed by atoms with E-state index < -0.39 is 0 Å². The molecule has 1 rings (SSSR count). The lowest BCUT2D eigenvalue weighted by Crippen LogP contribution is -2.12. The van der Waals surface area contributed by atoms with E-state index in [-0.39, 0.29) is 11.6 Å². The van der Waals surface area contributed by atoms with Gasteiger partial charge in [-0.15, -0.1) is 0 Å². The van der Waals surface area contributed by atoms with Crippen LogP contribution < -0.4 is 10.6 Å². The van der Waals surface area contributed by atoms with Gasteiger partial charge in [0.25, 0.3) is 0 Å². The van der Waals surface area contributed by atoms with Crippen LogP contribution in [0.15, 0.2) is 18.2 Å². The molecule has 0 bridgehead atoms. The maximum Gasteiger partial charge on any atom is 0.140 e. The van der Waals surface area contributed by atoms with E-state index in [2.05, 4.69) is 10.6 Å². The first-order chi connectivity index (χ1) is 10.8. The molecule has 0 aliphatic heterocycles. The van der Waals surface area contributed by atoms with Gasteiger partial charge in [-0.05, 0) is 38.5 Å². The van der Waals surface area contributed by atoms with E-state index in [9.17, 15) is 9.59 Å². The van der Waals surface area contributed by atoms with Crippen LogP contribution in [-0.2, 0) is 9.59 Å². The van der Waals surface area contributed by atoms with Crippen LogP contribution in [0, 0.1) is 6.92 Å². The second-order valence-electron chi connectivity index (χ2n) is 4.78. The average Bonchev–Trinajstić information content (AvgIpc) is 2.47. The standard InChI is InChI=1S/C15H18N2O2S4/c1-9(18)7-22-14(20)16-12-5-4-6-13(11(12)3)17-15(21)23-8-10(2)19/h4-6H,7-8H2,1-3H3,(H,16,20)(H,17,21). The van der Waals surface area contributed by atoms with Crippen LogP contribution in [0.5, 0.6) is 0 Å². The summed E-state index contributed by atoms with van der Waals surface area (Å²) in [7, 11) is 0. The van der Waals surface area contributed by atoms with Gasteiger partial charge in [-0.3, -0.25) is 9.59 Å². The maximum absolute atomic E-state index is 11.0. The van der Waals surface area contributed by atoms with Crippen molar-refractivity contribution in [1.29, 1.82) is 0 Å². The van der Waals surface area contributed by atoms with Gasteiger partial charge in [0.05, 0.1) is 11.5 Å². The molecule has 0 aromatic heterocycles. The van der Waals surface area contributed by atoms with Gasteiger partial charge in [-0.25, -0.2) is 0 Å². The fraction of sp³-hybridized carbons (Fsp3) is 0.333. The minimum atomic E-state index is 0.0825. The van der Waals surface area contributed by atoms with Crippen molar-refractivity contribution < 1.29 is 9.59 Å². The van der Waals surface area contributed by atoms with E-state index in [0.717, 1.165) is 16.9 Å². The number of benzene rings is 1. The summed E-state index contributed by atoms with van der Waals surface area (Å²) >= 11 is 13.1. The molecule has 2 N–H and O–H groups in total. The third kappa shape index (κ3) is 7.92. The van der Waals surface area contributed by atoms with Crippen molar-refractivity contribution in [1.82, 2.24) is 0 Å². The van der Waals surface area contributed by atoms with Crippen molar-refractivity contribution in [3.05, 3.63) is 23.8 Å². The molecule has 0 heterocycles. The quantitative estimate of drug-likeness (QED) is 0.711. The van der Waals surface area contributed by atoms with Crippen LogP contribution in [0.4, 0.5) is 11.4 Å². The third-order valence-electron chi connectivity index (χ3n) is 2.62. The van der Waals surface area contributed by atoms with Crippen molar-refractivity contribution >= 4 is 79.5 Å². The molecule has 0 aliphatic carbocycles. The van der Waals surface area contributed by atoms with Gasteiger partial charge < -0.3 is 10.6 Å². The summed E-state index contributed by atoms with van der Waals surface area (Å²) in [5, 5.41) is 6.25. The van der Waals surface area contributed by atoms with Crippen molar-refractivity contribution in [2.75, 3.05) is 22.1 Å². The van der Waals surface area contributed by atoms with Gasteiger partial charge in [0, 0.05) is 11.4 Å². The molecule has 1 aromatic carbocycles. The van der Waals surface area contributed by atoms with Crippen LogP contribution in [0.2, 0.25) is 0 Å². The lowest BCUT2D eigenvalue weighted by atomic mass is 10.1. The second-order valence-corrected chi connectivity index (χ2v) is 8.09. The number of ketones is 2. The largest absolute Gasteiger partial charge is 0.341 e. The van der Waals surface area contributed by atoms with E-state index in [1.165, 1.54) is 37.4 Å². The minimum absolute atomic E-state index is 0.0825. The molecule has 0 saturated heterocycles. The van der Waals surface area contributed by atoms with Gasteiger partial charge >= 0.3 is 0 Å². The Balaban J connectivity index is 2.70. The summed E-state index contributed by atoms with van der Waals surface area (Å²) in [6.07, 6.45) is 0. The van der Waals surface area contributed by atoms with E-state index >= 15 is 0 Å². The number of thiocarbonyl (C=S) groups is 2. The molecule has 0 atom stereocenters. The zero-order valence-electron chi connectivity index (χ0n) is 13.1. The second kappa shape index (κ2) is 10.0. The summed E-state index contributed by atoms with van der Waals surface area (Å²) in [6.45, 7) is 5.01. The first-order valence-electron chi connectivity index (χ1n) is 6.75. The molecule has 0 aliphatic rings. The SMILES string of the molecule is CC(=O)CSC(=S)Nc1cccc(NC(=S)SCC(C)=O)c1C. The molecule has 0 amide bonds. The topological polar surface area (TPSA) is 58.2 Å². The van der Waals surface area contributed by atoms with Gasteiger partial charge in [0.1, 0.15) is 20.2 Å². The lowest BCUT2D eigenvalue weighted by Gasteiger charge is -2.15. The van der Waals surface area contributed by atoms with Gasteiger partial charge in [0.2, 0.25) is 0 Å². The van der Waals surface area contributed by atoms with Crippen molar-refractivity contribution in [3.63, 3.8) is 0 Å². The number of nitrogens with one attached hydrogen (secondary N) is 2. The smallest absolute Gasteiger partial charge is 0.140 e. The van der Waals surface area contributed by atoms with E-state index in [1.54, 1.807) is 0 Å². The monoisotopic (exact) mass is 386 g/mol. The number of rotatable bonds is 6. The normalized spacial score (nSPS) is 10.0. The maximum atomic E-state index is 11.0. The van der Waals surface area contributed by atoms with E-state index in [1.807, 2.05) is 25.1 Å². The Kier molecular flexibility index (Phi) is 8.75. The Labute approximate surface area is 155 Å². The highest BCUT2D eigenvalue weighted by molar-refractivity contribution is 8.24. The Morgan fingerprint density at radius 3 is 1.70 bits per heavy atom. The fourth-order valence-corrected chi connectivity index (χ4v) is 3.14. The molecular formula is C15H18N2O2S4. The fourth-order valence-electron chi connectivity index (χ4n) is 1.53. The van der Waals surface area contributed by atoms with Crippen molar-refractivity contribution in [2.45, 2.75) is 20.8 Å². The molecule has 4 nitrogen and oxygen atoms in total. The number of carbonyl (C=O) groups excluding carboxylic acids is 2. The Morgan fingerprint density at radius 1 is 0.957 bits per heavy atom. The van der Waals surface area contributed by atoms with Crippen LogP contribution >= 0.6 is 48.0 Å². The van der Waals surface area contributed by atoms with Crippen LogP contribution in [-0.4, -0.2) is 31.7 Å². The molecule has 1 aromatic rings. The predicted molar refractivity (Wildman–Crippen MR) is 110 cm³/mol. The van der Waals surface area contributed by atoms with E-state index in [4.69, 9.17) is 24.4 Å². The highest BCUT2D eigenvalue weighted by atomic mass is 32.2. The summed E-state index contributed by atoms with van der Waals surface area (Å²) in [4.78, 5) is 22.0. The molecule has 124 valence electrons. The number of hydrogen-bond acceptors (Lipinski definition) is 6. The molecule has 0 spiro atoms. The minimum Gasteiger partial charge on any atom is -0.341 e. The third-order valence-corrected chi connectivity index (χ3v) is 5.36. The number of carbonyl (C=O) groups is 2. The lowest BCUT2D eigenvalue weighted by molar-refractivity contribution is -0.115. The molecule has 23 heavy (non-hydrogen) atoms. The number of hydrogen-bond donors (Lipinski definition) is 2. The van der Waals surface area contributed by atoms with E-state index in [0.29, 0.717) is 20.1 Å². The number of anilines is 2. The van der Waals surface area contributed by atoms with Crippen LogP contribution in [0.25, 0.3) is 0 Å². The summed E-state index contributed by atoms with van der Waals surface area (Å²) < 4.78 is 1.10. The summed E-state index contributed by atoms with van der Waals surface area (Å²) in [5.74, 6) is 0.877. The van der Waals surface area contributed by atoms with Crippen LogP contribution in [0.3, 0.4) is 0 Å². The Bertz CT molecular complexity index is 582. The van der Waals surface area contributed by atoms with Gasteiger partial charge in [-0.1, -0.05) is 54.0 Å². The van der Waals surface area contributed by atoms with Crippen molar-refractivity contribution in [2.24, 2.45) is 0 Å². The van der Waals surface area contributed by atoms with Gasteiger partial charge in [-0.2, -0.15) is 0 Å². The highest BCUT2D eigenvalue weighted by Crippen LogP contribution is 2.25. The number of thioether (sulfide) groups is 2. The van der Waals surface area contributed by atoms with Crippen LogP contribution in [0.1, 0.15) is 19.4 Å². The number of Topliss-reactive ketones (excluding diaryl/α,β-unsaturated/α-hetero) is 2. The predicted octanol–water partition coefficient (Wildman–Crippen LogP) is 4.03. The Morgan fingerprint density at radius 2 is 1.35 bits per heavy atom. The molecule has 0 fully saturated rings. The highest BCUT2D eigenvalue weighted by Gasteiger charge is 2.08. The summed E-state index contributed by atoms with van der Waals surface area (Å²) in [5.41, 5.74) is 2.68. The van der Waals surface area contributed by atoms with Crippen molar-refractivity contribution in [3.8, 4) is 0 Å².